The number of hydrogen-bond acceptors (Lipinski definition) is 8. The van der Waals surface area contributed by atoms with Crippen molar-refractivity contribution >= 4 is 44.1 Å². The molecule has 1 aliphatic heterocycles. The summed E-state index contributed by atoms with van der Waals surface area (Å²) in [7, 11) is -4.80. The molecule has 5 rings (SSSR count). The van der Waals surface area contributed by atoms with Crippen LogP contribution in [0.4, 0.5) is 18.3 Å². The van der Waals surface area contributed by atoms with Crippen LogP contribution in [-0.4, -0.2) is 49.6 Å². The van der Waals surface area contributed by atoms with Crippen LogP contribution in [0.1, 0.15) is 36.4 Å². The van der Waals surface area contributed by atoms with Crippen molar-refractivity contribution in [3.63, 3.8) is 0 Å². The average molecular weight is 602 g/mol. The molecule has 1 saturated heterocycles. The van der Waals surface area contributed by atoms with Gasteiger partial charge in [0, 0.05) is 30.7 Å². The molecule has 14 heteroatoms. The number of nitrogens with zero attached hydrogens (tertiary/aromatic N) is 3. The third-order valence-corrected chi connectivity index (χ3v) is 9.39. The Hall–Kier alpha value is -2.87. The van der Waals surface area contributed by atoms with Gasteiger partial charge in [0.15, 0.2) is 0 Å². The second kappa shape index (κ2) is 11.0. The van der Waals surface area contributed by atoms with E-state index in [9.17, 15) is 26.4 Å². The van der Waals surface area contributed by atoms with E-state index in [2.05, 4.69) is 39.0 Å². The van der Waals surface area contributed by atoms with Crippen LogP contribution >= 0.6 is 22.9 Å². The van der Waals surface area contributed by atoms with Crippen LogP contribution < -0.4 is 9.21 Å². The molecule has 0 amide bonds. The summed E-state index contributed by atoms with van der Waals surface area (Å²) in [6, 6.07) is 12.4. The quantitative estimate of drug-likeness (QED) is 0.328. The monoisotopic (exact) mass is 601 g/mol. The maximum atomic E-state index is 13.1. The zero-order valence-corrected chi connectivity index (χ0v) is 22.7. The largest absolute Gasteiger partial charge is 0.493 e. The lowest BCUT2D eigenvalue weighted by molar-refractivity contribution is -0.199. The molecular formula is C25H23ClF3N3O5S2. The fourth-order valence-electron chi connectivity index (χ4n) is 4.86. The molecule has 1 fully saturated rings. The van der Waals surface area contributed by atoms with Crippen molar-refractivity contribution in [1.29, 1.82) is 0 Å². The number of hydrogen-bond donors (Lipinski definition) is 0. The van der Waals surface area contributed by atoms with Gasteiger partial charge in [-0.25, -0.2) is 9.78 Å². The maximum Gasteiger partial charge on any atom is 0.493 e. The van der Waals surface area contributed by atoms with Crippen LogP contribution in [0.15, 0.2) is 58.9 Å². The third kappa shape index (κ3) is 5.86. The van der Waals surface area contributed by atoms with Gasteiger partial charge in [-0.1, -0.05) is 40.3 Å². The number of carbonyl (C=O) groups excluding carboxylic acids is 1. The fraction of sp³-hybridized carbons (Fsp3) is 0.360. The number of likely N-dealkylation sites (tertiary alicyclic amines) is 1. The SMILES string of the molecule is O=C(ON(c1nccs1)S(=O)(=O)c1ccc(OC2CCN(C3CCc4ccccc43)CC2)c(Cl)c1)C(F)(F)F. The lowest BCUT2D eigenvalue weighted by Crippen LogP contribution is -2.40. The van der Waals surface area contributed by atoms with Gasteiger partial charge in [0.2, 0.25) is 5.13 Å². The van der Waals surface area contributed by atoms with Gasteiger partial charge in [-0.15, -0.1) is 11.3 Å². The molecule has 1 aliphatic carbocycles. The number of aromatic nitrogens is 1. The highest BCUT2D eigenvalue weighted by Gasteiger charge is 2.45. The fourth-order valence-corrected chi connectivity index (χ4v) is 7.17. The zero-order valence-electron chi connectivity index (χ0n) is 20.3. The first-order valence-corrected chi connectivity index (χ1v) is 14.8. The number of benzene rings is 2. The number of carbonyl (C=O) groups is 1. The summed E-state index contributed by atoms with van der Waals surface area (Å²) in [6.45, 7) is 1.67. The van der Waals surface area contributed by atoms with Crippen molar-refractivity contribution in [2.75, 3.05) is 17.6 Å². The topological polar surface area (TPSA) is 89.0 Å². The van der Waals surface area contributed by atoms with Crippen LogP contribution in [0, 0.1) is 0 Å². The lowest BCUT2D eigenvalue weighted by Gasteiger charge is -2.36. The number of sulfonamides is 1. The van der Waals surface area contributed by atoms with Crippen LogP contribution in [0.5, 0.6) is 5.75 Å². The smallest absolute Gasteiger partial charge is 0.489 e. The molecule has 0 N–H and O–H groups in total. The second-order valence-electron chi connectivity index (χ2n) is 9.12. The van der Waals surface area contributed by atoms with Crippen molar-refractivity contribution in [3.8, 4) is 5.75 Å². The van der Waals surface area contributed by atoms with E-state index >= 15 is 0 Å². The van der Waals surface area contributed by atoms with Crippen molar-refractivity contribution < 1.29 is 36.0 Å². The predicted octanol–water partition coefficient (Wildman–Crippen LogP) is 5.54. The Morgan fingerprint density at radius 1 is 1.13 bits per heavy atom. The number of aryl methyl sites for hydroxylation is 1. The van der Waals surface area contributed by atoms with Gasteiger partial charge in [-0.2, -0.15) is 21.6 Å². The molecule has 39 heavy (non-hydrogen) atoms. The molecule has 2 aliphatic rings. The minimum absolute atomic E-state index is 0.0514. The van der Waals surface area contributed by atoms with E-state index in [1.54, 1.807) is 0 Å². The minimum Gasteiger partial charge on any atom is -0.489 e. The number of piperidine rings is 1. The summed E-state index contributed by atoms with van der Waals surface area (Å²) < 4.78 is 70.6. The van der Waals surface area contributed by atoms with Gasteiger partial charge < -0.3 is 9.57 Å². The highest BCUT2D eigenvalue weighted by molar-refractivity contribution is 7.92. The van der Waals surface area contributed by atoms with Crippen LogP contribution in [0.2, 0.25) is 5.02 Å². The summed E-state index contributed by atoms with van der Waals surface area (Å²) >= 11 is 7.00. The molecule has 1 unspecified atom stereocenters. The van der Waals surface area contributed by atoms with Gasteiger partial charge in [-0.05, 0) is 55.0 Å². The summed E-state index contributed by atoms with van der Waals surface area (Å²) in [4.78, 5) is 21.3. The van der Waals surface area contributed by atoms with E-state index in [0.717, 1.165) is 57.1 Å². The molecule has 1 aromatic heterocycles. The summed E-state index contributed by atoms with van der Waals surface area (Å²) in [5.41, 5.74) is 2.77. The Morgan fingerprint density at radius 3 is 2.54 bits per heavy atom. The normalized spacial score (nSPS) is 18.5. The highest BCUT2D eigenvalue weighted by atomic mass is 35.5. The van der Waals surface area contributed by atoms with Crippen LogP contribution in [-0.2, 0) is 26.1 Å². The predicted molar refractivity (Wildman–Crippen MR) is 138 cm³/mol. The van der Waals surface area contributed by atoms with Crippen molar-refractivity contribution in [2.45, 2.75) is 48.9 Å². The second-order valence-corrected chi connectivity index (χ2v) is 12.2. The molecule has 8 nitrogen and oxygen atoms in total. The molecule has 0 saturated carbocycles. The number of rotatable bonds is 7. The van der Waals surface area contributed by atoms with Gasteiger partial charge in [0.05, 0.1) is 9.92 Å². The summed E-state index contributed by atoms with van der Waals surface area (Å²) in [5, 5.41) is 0.783. The lowest BCUT2D eigenvalue weighted by atomic mass is 10.0. The standard InChI is InChI=1S/C25H23ClF3N3O5S2/c26-20-15-18(39(34,35)32(24-30-11-14-38-24)37-23(33)25(27,28)29)6-8-22(20)36-17-9-12-31(13-10-17)21-7-5-16-3-1-2-4-19(16)21/h1-4,6,8,11,14-15,17,21H,5,7,9-10,12-13H2. The number of anilines is 1. The molecule has 208 valence electrons. The Labute approximate surface area is 231 Å². The molecule has 1 atom stereocenters. The summed E-state index contributed by atoms with van der Waals surface area (Å²) in [6.07, 6.45) is -0.750. The van der Waals surface area contributed by atoms with Gasteiger partial charge in [0.25, 0.3) is 10.0 Å². The first kappa shape index (κ1) is 27.7. The van der Waals surface area contributed by atoms with Gasteiger partial charge in [-0.3, -0.25) is 4.90 Å². The average Bonchev–Trinajstić information content (AvgIpc) is 3.58. The molecule has 0 radical (unpaired) electrons. The van der Waals surface area contributed by atoms with Crippen molar-refractivity contribution in [1.82, 2.24) is 9.88 Å². The number of fused-ring (bicyclic) bond motifs is 1. The van der Waals surface area contributed by atoms with E-state index in [0.29, 0.717) is 17.4 Å². The number of alkyl halides is 3. The Balaban J connectivity index is 1.26. The molecular weight excluding hydrogens is 579 g/mol. The van der Waals surface area contributed by atoms with E-state index in [4.69, 9.17) is 16.3 Å². The molecule has 0 bridgehead atoms. The highest BCUT2D eigenvalue weighted by Crippen LogP contribution is 2.38. The van der Waals surface area contributed by atoms with Gasteiger partial charge in [0.1, 0.15) is 11.9 Å². The van der Waals surface area contributed by atoms with E-state index in [-0.39, 0.29) is 21.3 Å². The first-order valence-electron chi connectivity index (χ1n) is 12.1. The van der Waals surface area contributed by atoms with E-state index in [1.807, 2.05) is 0 Å². The molecule has 3 aromatic rings. The molecule has 2 heterocycles. The Bertz CT molecular complexity index is 1450. The summed E-state index contributed by atoms with van der Waals surface area (Å²) in [5.74, 6) is -2.46. The maximum absolute atomic E-state index is 13.1. The zero-order chi connectivity index (χ0) is 27.8. The third-order valence-electron chi connectivity index (χ3n) is 6.70. The Morgan fingerprint density at radius 2 is 1.87 bits per heavy atom. The molecule has 0 spiro atoms. The van der Waals surface area contributed by atoms with E-state index < -0.39 is 32.2 Å². The number of ether oxygens (including phenoxy) is 1. The van der Waals surface area contributed by atoms with Crippen molar-refractivity contribution in [2.24, 2.45) is 0 Å². The van der Waals surface area contributed by atoms with Crippen molar-refractivity contribution in [3.05, 3.63) is 70.2 Å². The Kier molecular flexibility index (Phi) is 7.77. The van der Waals surface area contributed by atoms with Crippen LogP contribution in [0.3, 0.4) is 0 Å². The molecule has 2 aromatic carbocycles. The number of thiazole rings is 1. The number of halogens is 4. The first-order chi connectivity index (χ1) is 18.5. The minimum atomic E-state index is -5.42. The van der Waals surface area contributed by atoms with E-state index in [1.165, 1.54) is 22.6 Å². The van der Waals surface area contributed by atoms with Gasteiger partial charge >= 0.3 is 12.1 Å². The van der Waals surface area contributed by atoms with Crippen LogP contribution in [0.25, 0.3) is 0 Å².